The van der Waals surface area contributed by atoms with Crippen LogP contribution in [0.25, 0.3) is 27.6 Å². The average Bonchev–Trinajstić information content (AvgIpc) is 3.71. The van der Waals surface area contributed by atoms with E-state index in [0.717, 1.165) is 83.7 Å². The second-order valence-electron chi connectivity index (χ2n) is 12.1. The third kappa shape index (κ3) is 7.89. The van der Waals surface area contributed by atoms with Crippen LogP contribution >= 0.6 is 11.3 Å². The smallest absolute Gasteiger partial charge is 0.323 e. The van der Waals surface area contributed by atoms with E-state index in [0.29, 0.717) is 23.9 Å². The summed E-state index contributed by atoms with van der Waals surface area (Å²) < 4.78 is 8.13. The van der Waals surface area contributed by atoms with Gasteiger partial charge in [0.05, 0.1) is 18.0 Å². The van der Waals surface area contributed by atoms with Crippen LogP contribution in [0.2, 0.25) is 0 Å². The number of para-hydroxylation sites is 1. The SMILES string of the molecule is Cc1ccccc1NC(=O)Nc1cccc(-c2nc3sccn3c2-c2ccnc(Nc3cccc(OCCCN4CCN(C)CC4)c3)n2)c1. The molecule has 7 rings (SSSR count). The van der Waals surface area contributed by atoms with Crippen LogP contribution in [-0.4, -0.2) is 81.6 Å². The maximum Gasteiger partial charge on any atom is 0.323 e. The lowest BCUT2D eigenvalue weighted by atomic mass is 10.1. The number of carbonyl (C=O) groups excluding carboxylic acids is 1. The molecular formula is C37H39N9O2S. The molecule has 6 aromatic rings. The lowest BCUT2D eigenvalue weighted by molar-refractivity contribution is 0.145. The molecule has 1 fully saturated rings. The van der Waals surface area contributed by atoms with Crippen LogP contribution in [0.5, 0.6) is 5.75 Å². The largest absolute Gasteiger partial charge is 0.493 e. The summed E-state index contributed by atoms with van der Waals surface area (Å²) in [4.78, 5) is 32.9. The fourth-order valence-corrected chi connectivity index (χ4v) is 6.58. The molecule has 49 heavy (non-hydrogen) atoms. The third-order valence-corrected chi connectivity index (χ3v) is 9.28. The van der Waals surface area contributed by atoms with Crippen molar-refractivity contribution >= 4 is 45.3 Å². The van der Waals surface area contributed by atoms with E-state index >= 15 is 0 Å². The topological polar surface area (TPSA) is 112 Å². The number of imidazole rings is 1. The molecule has 0 radical (unpaired) electrons. The highest BCUT2D eigenvalue weighted by molar-refractivity contribution is 7.15. The average molecular weight is 674 g/mol. The molecule has 1 aliphatic heterocycles. The van der Waals surface area contributed by atoms with Crippen LogP contribution < -0.4 is 20.7 Å². The summed E-state index contributed by atoms with van der Waals surface area (Å²) >= 11 is 1.55. The molecule has 0 saturated carbocycles. The molecule has 3 aromatic heterocycles. The Kier molecular flexibility index (Phi) is 9.78. The standard InChI is InChI=1S/C37H39N9O2S/c1-26-8-3-4-13-31(26)42-36(47)40-28-10-5-9-27(24-28)33-34(46-21-23-49-37(46)43-33)32-14-15-38-35(41-32)39-29-11-6-12-30(25-29)48-22-7-16-45-19-17-44(2)18-20-45/h3-6,8-15,21,23-25H,7,16-20,22H2,1-2H3,(H,38,39,41)(H2,40,42,47). The van der Waals surface area contributed by atoms with Gasteiger partial charge in [-0.1, -0.05) is 36.4 Å². The number of amides is 2. The molecule has 1 aliphatic rings. The monoisotopic (exact) mass is 673 g/mol. The predicted octanol–water partition coefficient (Wildman–Crippen LogP) is 7.23. The van der Waals surface area contributed by atoms with Crippen LogP contribution in [0.4, 0.5) is 27.8 Å². The van der Waals surface area contributed by atoms with Crippen LogP contribution in [0, 0.1) is 6.92 Å². The molecule has 0 spiro atoms. The Morgan fingerprint density at radius 2 is 1.76 bits per heavy atom. The molecule has 1 saturated heterocycles. The van der Waals surface area contributed by atoms with Gasteiger partial charge in [-0.25, -0.2) is 19.7 Å². The van der Waals surface area contributed by atoms with Gasteiger partial charge < -0.3 is 30.5 Å². The minimum Gasteiger partial charge on any atom is -0.493 e. The molecule has 0 atom stereocenters. The number of urea groups is 1. The summed E-state index contributed by atoms with van der Waals surface area (Å²) in [6.45, 7) is 8.15. The predicted molar refractivity (Wildman–Crippen MR) is 197 cm³/mol. The van der Waals surface area contributed by atoms with Gasteiger partial charge in [0.15, 0.2) is 4.96 Å². The van der Waals surface area contributed by atoms with E-state index < -0.39 is 0 Å². The summed E-state index contributed by atoms with van der Waals surface area (Å²) in [6, 6.07) is 24.8. The Morgan fingerprint density at radius 3 is 2.63 bits per heavy atom. The van der Waals surface area contributed by atoms with Crippen LogP contribution in [0.3, 0.4) is 0 Å². The number of carbonyl (C=O) groups is 1. The van der Waals surface area contributed by atoms with E-state index in [9.17, 15) is 4.79 Å². The number of hydrogen-bond donors (Lipinski definition) is 3. The second kappa shape index (κ2) is 14.9. The van der Waals surface area contributed by atoms with Crippen molar-refractivity contribution in [3.63, 3.8) is 0 Å². The van der Waals surface area contributed by atoms with Crippen molar-refractivity contribution in [3.8, 4) is 28.4 Å². The number of aryl methyl sites for hydroxylation is 1. The molecule has 0 bridgehead atoms. The molecule has 0 aliphatic carbocycles. The molecule has 2 amide bonds. The van der Waals surface area contributed by atoms with Gasteiger partial charge >= 0.3 is 6.03 Å². The van der Waals surface area contributed by atoms with Crippen molar-refractivity contribution in [1.82, 2.24) is 29.2 Å². The van der Waals surface area contributed by atoms with Gasteiger partial charge in [-0.15, -0.1) is 11.3 Å². The zero-order valence-electron chi connectivity index (χ0n) is 27.6. The third-order valence-electron chi connectivity index (χ3n) is 8.52. The first-order valence-corrected chi connectivity index (χ1v) is 17.3. The van der Waals surface area contributed by atoms with Crippen molar-refractivity contribution in [2.24, 2.45) is 0 Å². The summed E-state index contributed by atoms with van der Waals surface area (Å²) in [5.74, 6) is 1.27. The number of rotatable bonds is 11. The molecule has 4 heterocycles. The molecule has 3 aromatic carbocycles. The van der Waals surface area contributed by atoms with Gasteiger partial charge in [0.1, 0.15) is 11.4 Å². The minimum atomic E-state index is -0.316. The van der Waals surface area contributed by atoms with Gasteiger partial charge in [0, 0.05) is 79.2 Å². The second-order valence-corrected chi connectivity index (χ2v) is 13.0. The number of aromatic nitrogens is 4. The molecule has 3 N–H and O–H groups in total. The normalized spacial score (nSPS) is 13.8. The van der Waals surface area contributed by atoms with Crippen molar-refractivity contribution in [3.05, 3.63) is 102 Å². The first-order valence-electron chi connectivity index (χ1n) is 16.4. The number of nitrogens with zero attached hydrogens (tertiary/aromatic N) is 6. The maximum absolute atomic E-state index is 12.8. The number of hydrogen-bond acceptors (Lipinski definition) is 9. The van der Waals surface area contributed by atoms with Crippen molar-refractivity contribution < 1.29 is 9.53 Å². The van der Waals surface area contributed by atoms with Crippen molar-refractivity contribution in [1.29, 1.82) is 0 Å². The number of piperazine rings is 1. The first-order chi connectivity index (χ1) is 24.0. The van der Waals surface area contributed by atoms with Gasteiger partial charge in [-0.05, 0) is 62.4 Å². The minimum absolute atomic E-state index is 0.316. The van der Waals surface area contributed by atoms with E-state index in [1.54, 1.807) is 17.5 Å². The van der Waals surface area contributed by atoms with Gasteiger partial charge in [0.2, 0.25) is 5.95 Å². The van der Waals surface area contributed by atoms with Crippen molar-refractivity contribution in [2.45, 2.75) is 13.3 Å². The maximum atomic E-state index is 12.8. The van der Waals surface area contributed by atoms with Crippen LogP contribution in [0.1, 0.15) is 12.0 Å². The highest BCUT2D eigenvalue weighted by Crippen LogP contribution is 2.35. The van der Waals surface area contributed by atoms with E-state index in [2.05, 4.69) is 37.8 Å². The van der Waals surface area contributed by atoms with E-state index in [4.69, 9.17) is 14.7 Å². The number of nitrogens with one attached hydrogen (secondary N) is 3. The Hall–Kier alpha value is -5.30. The number of likely N-dealkylation sites (N-methyl/N-ethyl adjacent to an activating group) is 1. The Bertz CT molecular complexity index is 2050. The van der Waals surface area contributed by atoms with Gasteiger partial charge in [0.25, 0.3) is 0 Å². The quantitative estimate of drug-likeness (QED) is 0.124. The molecule has 0 unspecified atom stereocenters. The van der Waals surface area contributed by atoms with E-state index in [1.807, 2.05) is 102 Å². The Morgan fingerprint density at radius 1 is 0.918 bits per heavy atom. The summed E-state index contributed by atoms with van der Waals surface area (Å²) in [5, 5.41) is 11.2. The molecule has 250 valence electrons. The van der Waals surface area contributed by atoms with Crippen LogP contribution in [0.15, 0.2) is 96.6 Å². The number of fused-ring (bicyclic) bond motifs is 1. The number of thiazole rings is 1. The first kappa shape index (κ1) is 32.3. The highest BCUT2D eigenvalue weighted by Gasteiger charge is 2.19. The molecule has 11 nitrogen and oxygen atoms in total. The fourth-order valence-electron chi connectivity index (χ4n) is 5.87. The number of ether oxygens (including phenoxy) is 1. The van der Waals surface area contributed by atoms with Crippen LogP contribution in [-0.2, 0) is 0 Å². The summed E-state index contributed by atoms with van der Waals surface area (Å²) in [7, 11) is 2.18. The zero-order chi connectivity index (χ0) is 33.6. The summed E-state index contributed by atoms with van der Waals surface area (Å²) in [6.07, 6.45) is 4.72. The molecule has 12 heteroatoms. The number of anilines is 4. The van der Waals surface area contributed by atoms with E-state index in [-0.39, 0.29) is 6.03 Å². The summed E-state index contributed by atoms with van der Waals surface area (Å²) in [5.41, 5.74) is 6.39. The fraction of sp³-hybridized carbons (Fsp3) is 0.243. The lowest BCUT2D eigenvalue weighted by Crippen LogP contribution is -2.44. The van der Waals surface area contributed by atoms with Crippen molar-refractivity contribution in [2.75, 3.05) is 62.3 Å². The lowest BCUT2D eigenvalue weighted by Gasteiger charge is -2.32. The zero-order valence-corrected chi connectivity index (χ0v) is 28.4. The Balaban J connectivity index is 1.05. The van der Waals surface area contributed by atoms with Gasteiger partial charge in [-0.2, -0.15) is 0 Å². The number of benzene rings is 3. The van der Waals surface area contributed by atoms with E-state index in [1.165, 1.54) is 0 Å². The Labute approximate surface area is 289 Å². The molecular weight excluding hydrogens is 635 g/mol. The highest BCUT2D eigenvalue weighted by atomic mass is 32.1. The van der Waals surface area contributed by atoms with Gasteiger partial charge in [-0.3, -0.25) is 4.40 Å².